The van der Waals surface area contributed by atoms with E-state index in [0.717, 1.165) is 30.6 Å². The molecule has 0 bridgehead atoms. The SMILES string of the molecule is O=C(Cc1cccnc1)NC1CCCC1Oc1ccccc1. The first-order valence-corrected chi connectivity index (χ1v) is 7.71. The second-order valence-electron chi connectivity index (χ2n) is 5.61. The molecule has 0 aliphatic heterocycles. The Labute approximate surface area is 130 Å². The van der Waals surface area contributed by atoms with Crippen molar-refractivity contribution in [1.82, 2.24) is 10.3 Å². The van der Waals surface area contributed by atoms with Crippen molar-refractivity contribution < 1.29 is 9.53 Å². The molecule has 1 aromatic heterocycles. The van der Waals surface area contributed by atoms with Gasteiger partial charge in [0.15, 0.2) is 0 Å². The molecule has 1 N–H and O–H groups in total. The fourth-order valence-corrected chi connectivity index (χ4v) is 2.85. The number of benzene rings is 1. The summed E-state index contributed by atoms with van der Waals surface area (Å²) in [6.07, 6.45) is 6.88. The standard InChI is InChI=1S/C18H20N2O2/c21-18(12-14-6-5-11-19-13-14)20-16-9-4-10-17(16)22-15-7-2-1-3-8-15/h1-3,5-8,11,13,16-17H,4,9-10,12H2,(H,20,21). The zero-order valence-corrected chi connectivity index (χ0v) is 12.4. The van der Waals surface area contributed by atoms with E-state index in [9.17, 15) is 4.79 Å². The van der Waals surface area contributed by atoms with E-state index >= 15 is 0 Å². The van der Waals surface area contributed by atoms with Crippen LogP contribution in [-0.4, -0.2) is 23.0 Å². The van der Waals surface area contributed by atoms with Crippen molar-refractivity contribution in [3.8, 4) is 5.75 Å². The summed E-state index contributed by atoms with van der Waals surface area (Å²) in [5.74, 6) is 0.891. The van der Waals surface area contributed by atoms with Gasteiger partial charge < -0.3 is 10.1 Å². The van der Waals surface area contributed by atoms with Gasteiger partial charge in [-0.25, -0.2) is 0 Å². The third-order valence-corrected chi connectivity index (χ3v) is 3.92. The number of nitrogens with zero attached hydrogens (tertiary/aromatic N) is 1. The molecular formula is C18H20N2O2. The lowest BCUT2D eigenvalue weighted by atomic mass is 10.1. The fourth-order valence-electron chi connectivity index (χ4n) is 2.85. The van der Waals surface area contributed by atoms with Crippen LogP contribution in [0.5, 0.6) is 5.75 Å². The van der Waals surface area contributed by atoms with Crippen LogP contribution < -0.4 is 10.1 Å². The molecule has 1 aliphatic rings. The van der Waals surface area contributed by atoms with Crippen molar-refractivity contribution in [2.45, 2.75) is 37.8 Å². The number of hydrogen-bond acceptors (Lipinski definition) is 3. The van der Waals surface area contributed by atoms with E-state index in [2.05, 4.69) is 10.3 Å². The molecule has 2 unspecified atom stereocenters. The number of nitrogens with one attached hydrogen (secondary N) is 1. The van der Waals surface area contributed by atoms with Crippen LogP contribution in [0.4, 0.5) is 0 Å². The van der Waals surface area contributed by atoms with Gasteiger partial charge in [-0.1, -0.05) is 24.3 Å². The van der Waals surface area contributed by atoms with Gasteiger partial charge in [0.1, 0.15) is 11.9 Å². The molecular weight excluding hydrogens is 276 g/mol. The van der Waals surface area contributed by atoms with Crippen LogP contribution in [0.15, 0.2) is 54.9 Å². The van der Waals surface area contributed by atoms with Gasteiger partial charge >= 0.3 is 0 Å². The lowest BCUT2D eigenvalue weighted by molar-refractivity contribution is -0.121. The number of aromatic nitrogens is 1. The van der Waals surface area contributed by atoms with E-state index in [0.29, 0.717) is 6.42 Å². The Hall–Kier alpha value is -2.36. The molecule has 4 nitrogen and oxygen atoms in total. The molecule has 22 heavy (non-hydrogen) atoms. The summed E-state index contributed by atoms with van der Waals surface area (Å²) < 4.78 is 6.01. The Kier molecular flexibility index (Phi) is 4.68. The Balaban J connectivity index is 1.55. The van der Waals surface area contributed by atoms with Crippen molar-refractivity contribution in [3.63, 3.8) is 0 Å². The Morgan fingerprint density at radius 1 is 1.18 bits per heavy atom. The molecule has 1 fully saturated rings. The minimum absolute atomic E-state index is 0.0292. The number of rotatable bonds is 5. The van der Waals surface area contributed by atoms with E-state index in [1.165, 1.54) is 0 Å². The van der Waals surface area contributed by atoms with Crippen LogP contribution in [0.25, 0.3) is 0 Å². The van der Waals surface area contributed by atoms with Gasteiger partial charge in [0.2, 0.25) is 5.91 Å². The number of hydrogen-bond donors (Lipinski definition) is 1. The van der Waals surface area contributed by atoms with Gasteiger partial charge in [-0.2, -0.15) is 0 Å². The fraction of sp³-hybridized carbons (Fsp3) is 0.333. The summed E-state index contributed by atoms with van der Waals surface area (Å²) in [5.41, 5.74) is 0.929. The zero-order valence-electron chi connectivity index (χ0n) is 12.4. The summed E-state index contributed by atoms with van der Waals surface area (Å²) >= 11 is 0. The smallest absolute Gasteiger partial charge is 0.224 e. The highest BCUT2D eigenvalue weighted by Crippen LogP contribution is 2.24. The Bertz CT molecular complexity index is 601. The molecule has 1 saturated carbocycles. The van der Waals surface area contributed by atoms with E-state index in [1.54, 1.807) is 12.4 Å². The van der Waals surface area contributed by atoms with E-state index in [-0.39, 0.29) is 18.1 Å². The van der Waals surface area contributed by atoms with Gasteiger partial charge in [0, 0.05) is 12.4 Å². The maximum Gasteiger partial charge on any atom is 0.224 e. The Morgan fingerprint density at radius 3 is 2.82 bits per heavy atom. The first-order chi connectivity index (χ1) is 10.8. The minimum Gasteiger partial charge on any atom is -0.488 e. The highest BCUT2D eigenvalue weighted by molar-refractivity contribution is 5.78. The topological polar surface area (TPSA) is 51.2 Å². The molecule has 114 valence electrons. The van der Waals surface area contributed by atoms with E-state index in [1.807, 2.05) is 42.5 Å². The van der Waals surface area contributed by atoms with Crippen LogP contribution in [-0.2, 0) is 11.2 Å². The van der Waals surface area contributed by atoms with Crippen molar-refractivity contribution in [2.24, 2.45) is 0 Å². The maximum atomic E-state index is 12.2. The number of carbonyl (C=O) groups is 1. The summed E-state index contributed by atoms with van der Waals surface area (Å²) in [5, 5.41) is 3.11. The number of pyridine rings is 1. The van der Waals surface area contributed by atoms with Crippen LogP contribution in [0.2, 0.25) is 0 Å². The molecule has 2 aromatic rings. The van der Waals surface area contributed by atoms with Crippen molar-refractivity contribution >= 4 is 5.91 Å². The van der Waals surface area contributed by atoms with Crippen LogP contribution in [0.1, 0.15) is 24.8 Å². The predicted molar refractivity (Wildman–Crippen MR) is 84.6 cm³/mol. The number of carbonyl (C=O) groups excluding carboxylic acids is 1. The molecule has 1 heterocycles. The van der Waals surface area contributed by atoms with Gasteiger partial charge in [0.25, 0.3) is 0 Å². The first kappa shape index (κ1) is 14.6. The number of amides is 1. The molecule has 1 amide bonds. The molecule has 4 heteroatoms. The van der Waals surface area contributed by atoms with Gasteiger partial charge in [-0.3, -0.25) is 9.78 Å². The maximum absolute atomic E-state index is 12.2. The minimum atomic E-state index is 0.0292. The average molecular weight is 296 g/mol. The van der Waals surface area contributed by atoms with Crippen LogP contribution >= 0.6 is 0 Å². The summed E-state index contributed by atoms with van der Waals surface area (Å²) in [4.78, 5) is 16.2. The largest absolute Gasteiger partial charge is 0.488 e. The van der Waals surface area contributed by atoms with Crippen LogP contribution in [0.3, 0.4) is 0 Å². The lowest BCUT2D eigenvalue weighted by Crippen LogP contribution is -2.43. The van der Waals surface area contributed by atoms with Crippen molar-refractivity contribution in [2.75, 3.05) is 0 Å². The molecule has 0 saturated heterocycles. The van der Waals surface area contributed by atoms with Gasteiger partial charge in [0.05, 0.1) is 12.5 Å². The Morgan fingerprint density at radius 2 is 2.05 bits per heavy atom. The molecule has 1 aromatic carbocycles. The molecule has 0 radical (unpaired) electrons. The third kappa shape index (κ3) is 3.85. The van der Waals surface area contributed by atoms with Crippen molar-refractivity contribution in [3.05, 3.63) is 60.4 Å². The number of para-hydroxylation sites is 1. The van der Waals surface area contributed by atoms with Crippen molar-refractivity contribution in [1.29, 1.82) is 0 Å². The first-order valence-electron chi connectivity index (χ1n) is 7.71. The summed E-state index contributed by atoms with van der Waals surface area (Å²) in [7, 11) is 0. The molecule has 1 aliphatic carbocycles. The monoisotopic (exact) mass is 296 g/mol. The molecule has 0 spiro atoms. The second kappa shape index (κ2) is 7.07. The van der Waals surface area contributed by atoms with Gasteiger partial charge in [-0.05, 0) is 43.0 Å². The highest BCUT2D eigenvalue weighted by Gasteiger charge is 2.30. The predicted octanol–water partition coefficient (Wildman–Crippen LogP) is 2.74. The quantitative estimate of drug-likeness (QED) is 0.923. The third-order valence-electron chi connectivity index (χ3n) is 3.92. The highest BCUT2D eigenvalue weighted by atomic mass is 16.5. The van der Waals surface area contributed by atoms with E-state index in [4.69, 9.17) is 4.74 Å². The lowest BCUT2D eigenvalue weighted by Gasteiger charge is -2.22. The zero-order chi connectivity index (χ0) is 15.2. The van der Waals surface area contributed by atoms with Gasteiger partial charge in [-0.15, -0.1) is 0 Å². The van der Waals surface area contributed by atoms with E-state index < -0.39 is 0 Å². The summed E-state index contributed by atoms with van der Waals surface area (Å²) in [6, 6.07) is 13.6. The van der Waals surface area contributed by atoms with Crippen LogP contribution in [0, 0.1) is 0 Å². The molecule has 2 atom stereocenters. The normalized spacial score (nSPS) is 20.5. The number of ether oxygens (including phenoxy) is 1. The molecule has 3 rings (SSSR count). The average Bonchev–Trinajstić information content (AvgIpc) is 2.96. The second-order valence-corrected chi connectivity index (χ2v) is 5.61. The summed E-state index contributed by atoms with van der Waals surface area (Å²) in [6.45, 7) is 0.